The summed E-state index contributed by atoms with van der Waals surface area (Å²) in [6, 6.07) is 17.7. The summed E-state index contributed by atoms with van der Waals surface area (Å²) < 4.78 is 0. The summed E-state index contributed by atoms with van der Waals surface area (Å²) in [7, 11) is 0. The summed E-state index contributed by atoms with van der Waals surface area (Å²) >= 11 is 4.63. The Morgan fingerprint density at radius 2 is 1.97 bits per heavy atom. The van der Waals surface area contributed by atoms with Gasteiger partial charge in [-0.25, -0.2) is 0 Å². The van der Waals surface area contributed by atoms with E-state index in [0.717, 1.165) is 36.4 Å². The Morgan fingerprint density at radius 1 is 1.27 bits per heavy atom. The lowest BCUT2D eigenvalue weighted by molar-refractivity contribution is -0.119. The second-order valence-electron chi connectivity index (χ2n) is 7.84. The van der Waals surface area contributed by atoms with E-state index in [-0.39, 0.29) is 17.9 Å². The molecule has 5 nitrogen and oxygen atoms in total. The van der Waals surface area contributed by atoms with Crippen LogP contribution >= 0.6 is 12.2 Å². The van der Waals surface area contributed by atoms with Gasteiger partial charge in [-0.1, -0.05) is 44.2 Å². The molecule has 6 heteroatoms. The number of carbonyl (C=O) groups is 1. The van der Waals surface area contributed by atoms with Crippen molar-refractivity contribution < 1.29 is 9.90 Å². The lowest BCUT2D eigenvalue weighted by Gasteiger charge is -2.44. The zero-order valence-electron chi connectivity index (χ0n) is 17.6. The summed E-state index contributed by atoms with van der Waals surface area (Å²) in [6.07, 6.45) is 1.31. The third kappa shape index (κ3) is 5.41. The normalized spacial score (nSPS) is 20.2. The van der Waals surface area contributed by atoms with Crippen LogP contribution in [0.1, 0.15) is 32.3 Å². The zero-order chi connectivity index (χ0) is 21.5. The van der Waals surface area contributed by atoms with Crippen LogP contribution in [0, 0.1) is 5.92 Å². The van der Waals surface area contributed by atoms with Crippen LogP contribution in [0.4, 0.5) is 11.4 Å². The standard InChI is InChI=1S/C24H29N3O2S/c1-3-23(28)27(21-7-5-4-6-8-21)22-13-14-26(16-18(22)2)24(29)15-19-9-11-20(12-10-19)25-17-30/h4-12,18,22,24,29H,3,13-16H2,1-2H3/t18-,22-,24+/m0/s1. The van der Waals surface area contributed by atoms with Crippen molar-refractivity contribution in [2.45, 2.75) is 45.4 Å². The van der Waals surface area contributed by atoms with Crippen molar-refractivity contribution in [3.05, 3.63) is 60.2 Å². The Balaban J connectivity index is 1.65. The minimum atomic E-state index is -0.555. The summed E-state index contributed by atoms with van der Waals surface area (Å²) in [5, 5.41) is 13.2. The maximum atomic E-state index is 12.7. The fourth-order valence-electron chi connectivity index (χ4n) is 4.20. The molecule has 0 radical (unpaired) electrons. The molecule has 0 spiro atoms. The number of piperidine rings is 1. The van der Waals surface area contributed by atoms with Crippen molar-refractivity contribution in [2.75, 3.05) is 18.0 Å². The highest BCUT2D eigenvalue weighted by Crippen LogP contribution is 2.29. The van der Waals surface area contributed by atoms with E-state index in [1.54, 1.807) is 0 Å². The largest absolute Gasteiger partial charge is 0.378 e. The van der Waals surface area contributed by atoms with Crippen LogP contribution in [0.3, 0.4) is 0 Å². The highest BCUT2D eigenvalue weighted by atomic mass is 32.1. The van der Waals surface area contributed by atoms with Gasteiger partial charge in [-0.05, 0) is 54.4 Å². The quantitative estimate of drug-likeness (QED) is 0.529. The number of rotatable bonds is 7. The second-order valence-corrected chi connectivity index (χ2v) is 8.02. The first kappa shape index (κ1) is 22.3. The first-order valence-electron chi connectivity index (χ1n) is 10.5. The Morgan fingerprint density at radius 3 is 2.57 bits per heavy atom. The van der Waals surface area contributed by atoms with Crippen LogP contribution in [-0.2, 0) is 11.2 Å². The molecule has 1 amide bonds. The van der Waals surface area contributed by atoms with Crippen molar-refractivity contribution in [3.8, 4) is 0 Å². The molecule has 3 atom stereocenters. The van der Waals surface area contributed by atoms with Crippen molar-refractivity contribution >= 4 is 34.7 Å². The van der Waals surface area contributed by atoms with Gasteiger partial charge in [0.2, 0.25) is 5.91 Å². The van der Waals surface area contributed by atoms with Crippen LogP contribution in [-0.4, -0.2) is 46.4 Å². The number of para-hydroxylation sites is 1. The third-order valence-electron chi connectivity index (χ3n) is 5.78. The number of nitrogens with zero attached hydrogens (tertiary/aromatic N) is 3. The molecule has 1 aliphatic heterocycles. The minimum Gasteiger partial charge on any atom is -0.378 e. The summed E-state index contributed by atoms with van der Waals surface area (Å²) in [6.45, 7) is 5.58. The van der Waals surface area contributed by atoms with E-state index >= 15 is 0 Å². The Labute approximate surface area is 184 Å². The van der Waals surface area contributed by atoms with E-state index in [2.05, 4.69) is 34.2 Å². The maximum absolute atomic E-state index is 12.7. The van der Waals surface area contributed by atoms with Crippen LogP contribution < -0.4 is 4.90 Å². The first-order valence-corrected chi connectivity index (χ1v) is 10.9. The molecule has 2 aromatic carbocycles. The number of amides is 1. The molecule has 1 heterocycles. The molecule has 0 saturated carbocycles. The molecule has 30 heavy (non-hydrogen) atoms. The number of carbonyl (C=O) groups excluding carboxylic acids is 1. The molecular formula is C24H29N3O2S. The average Bonchev–Trinajstić information content (AvgIpc) is 2.77. The molecule has 3 rings (SSSR count). The number of aliphatic imine (C=N–C) groups is 1. The lowest BCUT2D eigenvalue weighted by Crippen LogP contribution is -2.54. The minimum absolute atomic E-state index is 0.134. The number of hydrogen-bond donors (Lipinski definition) is 1. The Bertz CT molecular complexity index is 881. The average molecular weight is 424 g/mol. The molecule has 0 bridgehead atoms. The molecule has 158 valence electrons. The second kappa shape index (κ2) is 10.6. The number of benzene rings is 2. The number of anilines is 1. The molecule has 0 aromatic heterocycles. The maximum Gasteiger partial charge on any atom is 0.226 e. The Kier molecular flexibility index (Phi) is 7.88. The fraction of sp³-hybridized carbons (Fsp3) is 0.417. The van der Waals surface area contributed by atoms with E-state index in [1.165, 1.54) is 0 Å². The Hall–Kier alpha value is -2.37. The monoisotopic (exact) mass is 423 g/mol. The number of aliphatic hydroxyl groups is 1. The van der Waals surface area contributed by atoms with E-state index in [4.69, 9.17) is 0 Å². The summed E-state index contributed by atoms with van der Waals surface area (Å²) in [5.41, 5.74) is 2.77. The van der Waals surface area contributed by atoms with Gasteiger partial charge in [-0.2, -0.15) is 4.99 Å². The molecule has 2 aromatic rings. The summed E-state index contributed by atoms with van der Waals surface area (Å²) in [4.78, 5) is 20.8. The molecule has 1 N–H and O–H groups in total. The molecule has 1 fully saturated rings. The summed E-state index contributed by atoms with van der Waals surface area (Å²) in [5.74, 6) is 0.398. The number of aliphatic hydroxyl groups excluding tert-OH is 1. The zero-order valence-corrected chi connectivity index (χ0v) is 18.4. The van der Waals surface area contributed by atoms with E-state index in [9.17, 15) is 9.90 Å². The van der Waals surface area contributed by atoms with Gasteiger partial charge in [0, 0.05) is 37.7 Å². The predicted molar refractivity (Wildman–Crippen MR) is 124 cm³/mol. The van der Waals surface area contributed by atoms with Crippen LogP contribution in [0.15, 0.2) is 59.6 Å². The van der Waals surface area contributed by atoms with Gasteiger partial charge in [0.25, 0.3) is 0 Å². The van der Waals surface area contributed by atoms with Crippen LogP contribution in [0.2, 0.25) is 0 Å². The molecule has 1 aliphatic rings. The number of likely N-dealkylation sites (tertiary alicyclic amines) is 1. The van der Waals surface area contributed by atoms with Crippen molar-refractivity contribution in [2.24, 2.45) is 10.9 Å². The van der Waals surface area contributed by atoms with E-state index in [0.29, 0.717) is 12.8 Å². The molecule has 1 saturated heterocycles. The number of hydrogen-bond acceptors (Lipinski definition) is 5. The molecule has 0 aliphatic carbocycles. The van der Waals surface area contributed by atoms with Crippen molar-refractivity contribution in [1.29, 1.82) is 0 Å². The van der Waals surface area contributed by atoms with Gasteiger partial charge in [0.05, 0.1) is 10.8 Å². The van der Waals surface area contributed by atoms with Gasteiger partial charge < -0.3 is 10.0 Å². The van der Waals surface area contributed by atoms with Gasteiger partial charge >= 0.3 is 0 Å². The van der Waals surface area contributed by atoms with Gasteiger partial charge in [-0.3, -0.25) is 9.69 Å². The van der Waals surface area contributed by atoms with Gasteiger partial charge in [-0.15, -0.1) is 0 Å². The van der Waals surface area contributed by atoms with E-state index < -0.39 is 6.23 Å². The van der Waals surface area contributed by atoms with Gasteiger partial charge in [0.1, 0.15) is 6.23 Å². The first-order chi connectivity index (χ1) is 14.5. The predicted octanol–water partition coefficient (Wildman–Crippen LogP) is 4.44. The lowest BCUT2D eigenvalue weighted by atomic mass is 9.91. The van der Waals surface area contributed by atoms with E-state index in [1.807, 2.05) is 66.4 Å². The van der Waals surface area contributed by atoms with Crippen molar-refractivity contribution in [1.82, 2.24) is 4.90 Å². The van der Waals surface area contributed by atoms with Gasteiger partial charge in [0.15, 0.2) is 0 Å². The highest BCUT2D eigenvalue weighted by Gasteiger charge is 2.35. The highest BCUT2D eigenvalue weighted by molar-refractivity contribution is 7.78. The SMILES string of the molecule is CCC(=O)N(c1ccccc1)[C@H]1CCN([C@H](O)Cc2ccc(N=C=S)cc2)C[C@@H]1C. The third-order valence-corrected chi connectivity index (χ3v) is 5.87. The van der Waals surface area contributed by atoms with Crippen LogP contribution in [0.25, 0.3) is 0 Å². The number of thiocarbonyl (C=S) groups is 1. The topological polar surface area (TPSA) is 56.1 Å². The smallest absolute Gasteiger partial charge is 0.226 e. The molecule has 0 unspecified atom stereocenters. The van der Waals surface area contributed by atoms with Crippen molar-refractivity contribution in [3.63, 3.8) is 0 Å². The van der Waals surface area contributed by atoms with Crippen LogP contribution in [0.5, 0.6) is 0 Å². The number of isothiocyanates is 1. The fourth-order valence-corrected chi connectivity index (χ4v) is 4.30. The molecular weight excluding hydrogens is 394 g/mol.